The number of aromatic nitrogens is 1. The lowest BCUT2D eigenvalue weighted by Crippen LogP contribution is -2.04. The van der Waals surface area contributed by atoms with Crippen molar-refractivity contribution >= 4 is 16.8 Å². The molecule has 0 unspecified atom stereocenters. The zero-order valence-electron chi connectivity index (χ0n) is 10.1. The van der Waals surface area contributed by atoms with Gasteiger partial charge in [-0.1, -0.05) is 0 Å². The summed E-state index contributed by atoms with van der Waals surface area (Å²) < 4.78 is 6.85. The van der Waals surface area contributed by atoms with E-state index >= 15 is 0 Å². The van der Waals surface area contributed by atoms with Gasteiger partial charge in [0.05, 0.1) is 12.6 Å². The molecule has 0 aliphatic heterocycles. The highest BCUT2D eigenvalue weighted by Crippen LogP contribution is 2.26. The molecule has 0 spiro atoms. The fourth-order valence-electron chi connectivity index (χ4n) is 2.02. The number of rotatable bonds is 3. The molecule has 1 aromatic carbocycles. The molecule has 1 heterocycles. The van der Waals surface area contributed by atoms with Crippen molar-refractivity contribution in [3.05, 3.63) is 30.0 Å². The Kier molecular flexibility index (Phi) is 3.15. The number of fused-ring (bicyclic) bond motifs is 1. The van der Waals surface area contributed by atoms with Crippen LogP contribution in [0.3, 0.4) is 0 Å². The van der Waals surface area contributed by atoms with Gasteiger partial charge >= 0.3 is 0 Å². The van der Waals surface area contributed by atoms with Crippen molar-refractivity contribution in [1.82, 2.24) is 4.57 Å². The largest absolute Gasteiger partial charge is 0.497 e. The van der Waals surface area contributed by atoms with Crippen molar-refractivity contribution in [2.75, 3.05) is 13.7 Å². The standard InChI is InChI=1S/C13H16N2O2/c1-9(16)15-8-10(5-6-14)12-7-11(17-2)3-4-13(12)15/h3-4,7-8H,5-6,14H2,1-2H3. The van der Waals surface area contributed by atoms with Gasteiger partial charge in [0.15, 0.2) is 0 Å². The minimum absolute atomic E-state index is 0.00318. The maximum atomic E-state index is 11.5. The average molecular weight is 232 g/mol. The molecule has 0 atom stereocenters. The third-order valence-corrected chi connectivity index (χ3v) is 2.85. The van der Waals surface area contributed by atoms with E-state index < -0.39 is 0 Å². The topological polar surface area (TPSA) is 57.2 Å². The minimum Gasteiger partial charge on any atom is -0.497 e. The number of hydrogen-bond acceptors (Lipinski definition) is 3. The highest BCUT2D eigenvalue weighted by Gasteiger charge is 2.11. The van der Waals surface area contributed by atoms with Crippen LogP contribution in [0.15, 0.2) is 24.4 Å². The average Bonchev–Trinajstić information content (AvgIpc) is 2.68. The molecule has 0 saturated heterocycles. The van der Waals surface area contributed by atoms with Crippen LogP contribution in [0.4, 0.5) is 0 Å². The first-order valence-electron chi connectivity index (χ1n) is 5.56. The molecule has 4 heteroatoms. The number of ether oxygens (including phenoxy) is 1. The Balaban J connectivity index is 2.67. The smallest absolute Gasteiger partial charge is 0.227 e. The van der Waals surface area contributed by atoms with Gasteiger partial charge in [0.25, 0.3) is 0 Å². The van der Waals surface area contributed by atoms with Crippen molar-refractivity contribution < 1.29 is 9.53 Å². The maximum Gasteiger partial charge on any atom is 0.227 e. The summed E-state index contributed by atoms with van der Waals surface area (Å²) in [5.74, 6) is 0.792. The molecule has 0 fully saturated rings. The summed E-state index contributed by atoms with van der Waals surface area (Å²) in [6.07, 6.45) is 2.61. The fourth-order valence-corrected chi connectivity index (χ4v) is 2.02. The summed E-state index contributed by atoms with van der Waals surface area (Å²) >= 11 is 0. The number of carbonyl (C=O) groups is 1. The van der Waals surface area contributed by atoms with E-state index in [0.29, 0.717) is 6.54 Å². The van der Waals surface area contributed by atoms with Crippen molar-refractivity contribution in [2.24, 2.45) is 5.73 Å². The van der Waals surface area contributed by atoms with E-state index in [9.17, 15) is 4.79 Å². The molecule has 0 aliphatic rings. The second-order valence-corrected chi connectivity index (χ2v) is 3.97. The fraction of sp³-hybridized carbons (Fsp3) is 0.308. The van der Waals surface area contributed by atoms with Crippen LogP contribution in [0.2, 0.25) is 0 Å². The molecule has 0 bridgehead atoms. The van der Waals surface area contributed by atoms with Crippen LogP contribution in [0.25, 0.3) is 10.9 Å². The molecule has 0 saturated carbocycles. The van der Waals surface area contributed by atoms with E-state index in [1.54, 1.807) is 18.6 Å². The maximum absolute atomic E-state index is 11.5. The van der Waals surface area contributed by atoms with Crippen LogP contribution in [0.5, 0.6) is 5.75 Å². The number of nitrogens with zero attached hydrogens (tertiary/aromatic N) is 1. The molecule has 0 radical (unpaired) electrons. The van der Waals surface area contributed by atoms with Crippen molar-refractivity contribution in [2.45, 2.75) is 13.3 Å². The normalized spacial score (nSPS) is 10.8. The van der Waals surface area contributed by atoms with Gasteiger partial charge in [0.2, 0.25) is 5.91 Å². The number of methoxy groups -OCH3 is 1. The molecular formula is C13H16N2O2. The van der Waals surface area contributed by atoms with Crippen LogP contribution in [0.1, 0.15) is 17.3 Å². The SMILES string of the molecule is COc1ccc2c(c1)c(CCN)cn2C(C)=O. The second kappa shape index (κ2) is 4.59. The van der Waals surface area contributed by atoms with Crippen LogP contribution in [-0.4, -0.2) is 24.1 Å². The monoisotopic (exact) mass is 232 g/mol. The van der Waals surface area contributed by atoms with Crippen LogP contribution < -0.4 is 10.5 Å². The zero-order chi connectivity index (χ0) is 12.4. The summed E-state index contributed by atoms with van der Waals surface area (Å²) in [6, 6.07) is 5.70. The van der Waals surface area contributed by atoms with Gasteiger partial charge in [-0.05, 0) is 36.7 Å². The molecule has 0 aliphatic carbocycles. The lowest BCUT2D eigenvalue weighted by Gasteiger charge is -2.02. The van der Waals surface area contributed by atoms with E-state index in [2.05, 4.69) is 0 Å². The summed E-state index contributed by atoms with van der Waals surface area (Å²) in [4.78, 5) is 11.5. The summed E-state index contributed by atoms with van der Waals surface area (Å²) in [7, 11) is 1.63. The second-order valence-electron chi connectivity index (χ2n) is 3.97. The van der Waals surface area contributed by atoms with Crippen molar-refractivity contribution in [3.8, 4) is 5.75 Å². The Morgan fingerprint density at radius 1 is 1.47 bits per heavy atom. The molecule has 2 aromatic rings. The summed E-state index contributed by atoms with van der Waals surface area (Å²) in [5.41, 5.74) is 7.57. The van der Waals surface area contributed by atoms with Crippen LogP contribution in [0, 0.1) is 0 Å². The van der Waals surface area contributed by atoms with Crippen LogP contribution >= 0.6 is 0 Å². The summed E-state index contributed by atoms with van der Waals surface area (Å²) in [6.45, 7) is 2.12. The number of carbonyl (C=O) groups excluding carboxylic acids is 1. The summed E-state index contributed by atoms with van der Waals surface area (Å²) in [5, 5.41) is 1.03. The van der Waals surface area contributed by atoms with Gasteiger partial charge in [0, 0.05) is 18.5 Å². The predicted octanol–water partition coefficient (Wildman–Crippen LogP) is 1.81. The first kappa shape index (κ1) is 11.7. The van der Waals surface area contributed by atoms with E-state index in [0.717, 1.165) is 28.6 Å². The van der Waals surface area contributed by atoms with Gasteiger partial charge in [0.1, 0.15) is 5.75 Å². The molecule has 17 heavy (non-hydrogen) atoms. The number of nitrogens with two attached hydrogens (primary N) is 1. The van der Waals surface area contributed by atoms with E-state index in [1.165, 1.54) is 0 Å². The van der Waals surface area contributed by atoms with E-state index in [4.69, 9.17) is 10.5 Å². The van der Waals surface area contributed by atoms with Gasteiger partial charge in [-0.3, -0.25) is 9.36 Å². The van der Waals surface area contributed by atoms with Gasteiger partial charge < -0.3 is 10.5 Å². The first-order valence-corrected chi connectivity index (χ1v) is 5.56. The lowest BCUT2D eigenvalue weighted by molar-refractivity contribution is 0.0941. The van der Waals surface area contributed by atoms with Gasteiger partial charge in [-0.25, -0.2) is 0 Å². The number of hydrogen-bond donors (Lipinski definition) is 1. The Hall–Kier alpha value is -1.81. The molecular weight excluding hydrogens is 216 g/mol. The number of benzene rings is 1. The zero-order valence-corrected chi connectivity index (χ0v) is 10.1. The Labute approximate surface area is 100.0 Å². The van der Waals surface area contributed by atoms with Crippen LogP contribution in [-0.2, 0) is 6.42 Å². The highest BCUT2D eigenvalue weighted by molar-refractivity contribution is 5.94. The Morgan fingerprint density at radius 2 is 2.24 bits per heavy atom. The lowest BCUT2D eigenvalue weighted by atomic mass is 10.1. The van der Waals surface area contributed by atoms with Gasteiger partial charge in [-0.15, -0.1) is 0 Å². The molecule has 2 rings (SSSR count). The molecule has 90 valence electrons. The van der Waals surface area contributed by atoms with Gasteiger partial charge in [-0.2, -0.15) is 0 Å². The first-order chi connectivity index (χ1) is 8.17. The van der Waals surface area contributed by atoms with E-state index in [1.807, 2.05) is 24.4 Å². The Morgan fingerprint density at radius 3 is 2.82 bits per heavy atom. The third kappa shape index (κ3) is 2.03. The third-order valence-electron chi connectivity index (χ3n) is 2.85. The van der Waals surface area contributed by atoms with Crippen molar-refractivity contribution in [3.63, 3.8) is 0 Å². The Bertz CT molecular complexity index is 558. The minimum atomic E-state index is 0.00318. The molecule has 1 aromatic heterocycles. The molecule has 0 amide bonds. The van der Waals surface area contributed by atoms with E-state index in [-0.39, 0.29) is 5.91 Å². The quantitative estimate of drug-likeness (QED) is 0.878. The highest BCUT2D eigenvalue weighted by atomic mass is 16.5. The molecule has 4 nitrogen and oxygen atoms in total. The predicted molar refractivity (Wildman–Crippen MR) is 67.5 cm³/mol. The van der Waals surface area contributed by atoms with Crippen molar-refractivity contribution in [1.29, 1.82) is 0 Å². The molecule has 2 N–H and O–H groups in total.